The number of nitrogens with one attached hydrogen (secondary N) is 1. The van der Waals surface area contributed by atoms with Gasteiger partial charge in [0.2, 0.25) is 0 Å². The summed E-state index contributed by atoms with van der Waals surface area (Å²) < 4.78 is 0.529. The summed E-state index contributed by atoms with van der Waals surface area (Å²) in [5, 5.41) is 9.99. The Labute approximate surface area is 108 Å². The van der Waals surface area contributed by atoms with Crippen molar-refractivity contribution in [3.8, 4) is 0 Å². The van der Waals surface area contributed by atoms with Crippen LogP contribution in [0.25, 0.3) is 0 Å². The van der Waals surface area contributed by atoms with Gasteiger partial charge in [-0.2, -0.15) is 0 Å². The van der Waals surface area contributed by atoms with Gasteiger partial charge in [-0.25, -0.2) is 4.98 Å². The maximum absolute atomic E-state index is 9.99. The molecule has 0 aliphatic heterocycles. The molecule has 0 unspecified atom stereocenters. The number of hydrogen-bond acceptors (Lipinski definition) is 3. The molecule has 6 heteroatoms. The number of nitrogens with zero attached hydrogens (tertiary/aromatic N) is 1. The minimum Gasteiger partial charge on any atom is -0.542 e. The van der Waals surface area contributed by atoms with Crippen molar-refractivity contribution >= 4 is 21.9 Å². The van der Waals surface area contributed by atoms with Gasteiger partial charge in [0.25, 0.3) is 0 Å². The van der Waals surface area contributed by atoms with E-state index in [1.54, 1.807) is 0 Å². The molecule has 0 amide bonds. The third-order valence-electron chi connectivity index (χ3n) is 0.738. The van der Waals surface area contributed by atoms with Gasteiger partial charge >= 0.3 is 51.4 Å². The molecule has 0 fully saturated rings. The van der Waals surface area contributed by atoms with Crippen molar-refractivity contribution in [2.24, 2.45) is 0 Å². The van der Waals surface area contributed by atoms with E-state index in [9.17, 15) is 9.90 Å². The summed E-state index contributed by atoms with van der Waals surface area (Å²) in [6, 6.07) is 0. The van der Waals surface area contributed by atoms with E-state index in [2.05, 4.69) is 25.9 Å². The maximum atomic E-state index is 9.99. The number of rotatable bonds is 1. The van der Waals surface area contributed by atoms with E-state index in [0.717, 1.165) is 0 Å². The Morgan fingerprint density at radius 3 is 2.60 bits per heavy atom. The quantitative estimate of drug-likeness (QED) is 0.509. The number of carboxylic acid groups (broad SMARTS) is 1. The normalized spacial score (nSPS) is 8.50. The average Bonchev–Trinajstić information content (AvgIpc) is 2.14. The van der Waals surface area contributed by atoms with Crippen molar-refractivity contribution in [2.45, 2.75) is 0 Å². The number of carboxylic acids is 1. The van der Waals surface area contributed by atoms with E-state index in [1.165, 1.54) is 6.20 Å². The first-order valence-corrected chi connectivity index (χ1v) is 2.91. The van der Waals surface area contributed by atoms with E-state index in [1.807, 2.05) is 0 Å². The molecule has 1 heterocycles. The fourth-order valence-electron chi connectivity index (χ4n) is 0.403. The van der Waals surface area contributed by atoms with Crippen LogP contribution in [0.3, 0.4) is 0 Å². The summed E-state index contributed by atoms with van der Waals surface area (Å²) >= 11 is 2.99. The van der Waals surface area contributed by atoms with E-state index in [0.29, 0.717) is 4.60 Å². The number of hydrogen-bond donors (Lipinski definition) is 1. The molecule has 0 aromatic carbocycles. The molecule has 0 atom stereocenters. The molecule has 0 saturated heterocycles. The summed E-state index contributed by atoms with van der Waals surface area (Å²) in [7, 11) is 0. The standard InChI is InChI=1S/C4H3BrN2O2.K/c5-2-1-6-3(7-2)4(8)9;/h1H,(H,6,7)(H,8,9);/q;+1/p-1. The van der Waals surface area contributed by atoms with Gasteiger partial charge in [0.1, 0.15) is 10.6 Å². The van der Waals surface area contributed by atoms with Crippen molar-refractivity contribution in [3.05, 3.63) is 16.6 Å². The van der Waals surface area contributed by atoms with Crippen molar-refractivity contribution in [3.63, 3.8) is 0 Å². The molecule has 1 rings (SSSR count). The van der Waals surface area contributed by atoms with Crippen molar-refractivity contribution in [2.75, 3.05) is 0 Å². The van der Waals surface area contributed by atoms with Crippen LogP contribution in [0.5, 0.6) is 0 Å². The van der Waals surface area contributed by atoms with Crippen molar-refractivity contribution in [1.82, 2.24) is 9.97 Å². The van der Waals surface area contributed by atoms with Gasteiger partial charge in [-0.05, 0) is 15.9 Å². The number of aromatic carboxylic acids is 1. The zero-order chi connectivity index (χ0) is 6.85. The van der Waals surface area contributed by atoms with Gasteiger partial charge in [0.05, 0.1) is 6.20 Å². The van der Waals surface area contributed by atoms with Crippen LogP contribution in [0.1, 0.15) is 10.6 Å². The van der Waals surface area contributed by atoms with Gasteiger partial charge in [-0.1, -0.05) is 0 Å². The third-order valence-corrected chi connectivity index (χ3v) is 1.14. The van der Waals surface area contributed by atoms with Crippen molar-refractivity contribution in [1.29, 1.82) is 0 Å². The van der Waals surface area contributed by atoms with E-state index in [-0.39, 0.29) is 57.2 Å². The van der Waals surface area contributed by atoms with Crippen LogP contribution in [0.4, 0.5) is 0 Å². The summed E-state index contributed by atoms with van der Waals surface area (Å²) in [6.07, 6.45) is 1.35. The van der Waals surface area contributed by atoms with E-state index < -0.39 is 5.97 Å². The smallest absolute Gasteiger partial charge is 0.542 e. The Kier molecular flexibility index (Phi) is 5.00. The van der Waals surface area contributed by atoms with Gasteiger partial charge in [0.15, 0.2) is 5.82 Å². The molecule has 0 saturated carbocycles. The number of aromatic amines is 1. The molecular weight excluding hydrogens is 227 g/mol. The monoisotopic (exact) mass is 228 g/mol. The first kappa shape index (κ1) is 10.8. The zero-order valence-corrected chi connectivity index (χ0v) is 9.93. The second kappa shape index (κ2) is 4.63. The Hall–Kier alpha value is 0.796. The molecule has 0 radical (unpaired) electrons. The summed E-state index contributed by atoms with van der Waals surface area (Å²) in [5.41, 5.74) is 0. The molecule has 1 aromatic heterocycles. The second-order valence-corrected chi connectivity index (χ2v) is 2.22. The predicted octanol–water partition coefficient (Wildman–Crippen LogP) is -3.46. The Bertz CT molecular complexity index is 237. The zero-order valence-electron chi connectivity index (χ0n) is 5.22. The number of aromatic nitrogens is 2. The molecule has 4 nitrogen and oxygen atoms in total. The van der Waals surface area contributed by atoms with Crippen LogP contribution in [0.15, 0.2) is 10.8 Å². The summed E-state index contributed by atoms with van der Waals surface area (Å²) in [5.74, 6) is -1.47. The first-order valence-electron chi connectivity index (χ1n) is 2.12. The molecule has 0 aliphatic rings. The number of carbonyl (C=O) groups excluding carboxylic acids is 1. The third kappa shape index (κ3) is 2.81. The molecule has 10 heavy (non-hydrogen) atoms. The Morgan fingerprint density at radius 2 is 2.40 bits per heavy atom. The van der Waals surface area contributed by atoms with Crippen molar-refractivity contribution < 1.29 is 61.3 Å². The number of carbonyl (C=O) groups is 1. The molecule has 1 N–H and O–H groups in total. The van der Waals surface area contributed by atoms with Crippen LogP contribution >= 0.6 is 15.9 Å². The largest absolute Gasteiger partial charge is 1.00 e. The van der Waals surface area contributed by atoms with Crippen LogP contribution in [-0.4, -0.2) is 15.9 Å². The number of imidazole rings is 1. The molecule has 0 spiro atoms. The van der Waals surface area contributed by atoms with Crippen LogP contribution in [0.2, 0.25) is 0 Å². The molecule has 0 bridgehead atoms. The first-order chi connectivity index (χ1) is 4.20. The summed E-state index contributed by atoms with van der Waals surface area (Å²) in [4.78, 5) is 15.9. The SMILES string of the molecule is O=C([O-])c1ncc(Br)[nH]1.[K+]. The minimum atomic E-state index is -1.30. The average molecular weight is 229 g/mol. The minimum absolute atomic E-state index is 0. The van der Waals surface area contributed by atoms with Gasteiger partial charge in [0, 0.05) is 0 Å². The van der Waals surface area contributed by atoms with Gasteiger partial charge < -0.3 is 14.9 Å². The van der Waals surface area contributed by atoms with Crippen LogP contribution in [-0.2, 0) is 0 Å². The van der Waals surface area contributed by atoms with Crippen LogP contribution < -0.4 is 56.5 Å². The van der Waals surface area contributed by atoms with E-state index in [4.69, 9.17) is 0 Å². The number of halogens is 1. The van der Waals surface area contributed by atoms with Crippen LogP contribution in [0, 0.1) is 0 Å². The number of H-pyrrole nitrogens is 1. The molecule has 0 aliphatic carbocycles. The maximum Gasteiger partial charge on any atom is 1.00 e. The molecule has 48 valence electrons. The molecular formula is C4H2BrKN2O2. The topological polar surface area (TPSA) is 68.8 Å². The van der Waals surface area contributed by atoms with Gasteiger partial charge in [-0.15, -0.1) is 0 Å². The van der Waals surface area contributed by atoms with E-state index >= 15 is 0 Å². The Balaban J connectivity index is 0.000000810. The summed E-state index contributed by atoms with van der Waals surface area (Å²) in [6.45, 7) is 0. The fourth-order valence-corrected chi connectivity index (χ4v) is 0.693. The fraction of sp³-hybridized carbons (Fsp3) is 0. The van der Waals surface area contributed by atoms with Gasteiger partial charge in [-0.3, -0.25) is 0 Å². The predicted molar refractivity (Wildman–Crippen MR) is 30.6 cm³/mol. The molecule has 1 aromatic rings. The Morgan fingerprint density at radius 1 is 1.80 bits per heavy atom. The second-order valence-electron chi connectivity index (χ2n) is 1.37.